The molecule has 7 heteroatoms. The van der Waals surface area contributed by atoms with E-state index in [0.29, 0.717) is 11.3 Å². The van der Waals surface area contributed by atoms with Crippen molar-refractivity contribution in [2.45, 2.75) is 18.8 Å². The molecule has 2 bridgehead atoms. The Hall–Kier alpha value is -3.58. The quantitative estimate of drug-likeness (QED) is 0.230. The Bertz CT molecular complexity index is 1400. The maximum atomic E-state index is 13.6. The molecule has 1 aliphatic heterocycles. The Balaban J connectivity index is 1.18. The van der Waals surface area contributed by atoms with Crippen LogP contribution in [0, 0.1) is 23.7 Å². The van der Waals surface area contributed by atoms with E-state index >= 15 is 0 Å². The van der Waals surface area contributed by atoms with E-state index in [9.17, 15) is 19.2 Å². The summed E-state index contributed by atoms with van der Waals surface area (Å²) in [7, 11) is 0. The van der Waals surface area contributed by atoms with Gasteiger partial charge in [0.2, 0.25) is 11.8 Å². The van der Waals surface area contributed by atoms with E-state index in [-0.39, 0.29) is 52.8 Å². The van der Waals surface area contributed by atoms with Crippen LogP contribution in [0.5, 0.6) is 0 Å². The molecule has 0 radical (unpaired) electrons. The molecule has 3 fully saturated rings. The molecule has 3 aliphatic rings. The number of ether oxygens (including phenoxy) is 1. The van der Waals surface area contributed by atoms with Crippen LogP contribution in [-0.2, 0) is 14.3 Å². The van der Waals surface area contributed by atoms with Crippen LogP contribution in [-0.4, -0.2) is 30.2 Å². The Labute approximate surface area is 222 Å². The third-order valence-corrected chi connectivity index (χ3v) is 8.61. The summed E-state index contributed by atoms with van der Waals surface area (Å²) >= 11 is 3.32. The molecule has 37 heavy (non-hydrogen) atoms. The molecular formula is C30H24BrNO5. The topological polar surface area (TPSA) is 80.8 Å². The van der Waals surface area contributed by atoms with Gasteiger partial charge in [0.05, 0.1) is 23.1 Å². The van der Waals surface area contributed by atoms with Crippen molar-refractivity contribution in [2.75, 3.05) is 11.5 Å². The first-order chi connectivity index (χ1) is 17.9. The van der Waals surface area contributed by atoms with E-state index in [1.165, 1.54) is 16.5 Å². The molecule has 0 unspecified atom stereocenters. The second-order valence-corrected chi connectivity index (χ2v) is 10.9. The number of amides is 2. The monoisotopic (exact) mass is 557 g/mol. The third kappa shape index (κ3) is 4.11. The van der Waals surface area contributed by atoms with E-state index < -0.39 is 12.6 Å². The summed E-state index contributed by atoms with van der Waals surface area (Å²) in [5, 5.41) is 0. The van der Waals surface area contributed by atoms with E-state index in [0.717, 1.165) is 17.3 Å². The van der Waals surface area contributed by atoms with Gasteiger partial charge in [0.15, 0.2) is 12.4 Å². The molecule has 3 aromatic rings. The number of halogens is 1. The van der Waals surface area contributed by atoms with Crippen molar-refractivity contribution in [3.05, 3.63) is 100 Å². The van der Waals surface area contributed by atoms with Gasteiger partial charge in [-0.05, 0) is 66.5 Å². The fourth-order valence-corrected chi connectivity index (χ4v) is 6.77. The zero-order chi connectivity index (χ0) is 25.7. The fourth-order valence-electron chi connectivity index (χ4n) is 6.50. The molecule has 2 amide bonds. The highest BCUT2D eigenvalue weighted by molar-refractivity contribution is 9.10. The van der Waals surface area contributed by atoms with Gasteiger partial charge >= 0.3 is 5.97 Å². The Kier molecular flexibility index (Phi) is 6.03. The van der Waals surface area contributed by atoms with Gasteiger partial charge in [-0.2, -0.15) is 0 Å². The van der Waals surface area contributed by atoms with Gasteiger partial charge in [-0.3, -0.25) is 19.3 Å². The van der Waals surface area contributed by atoms with E-state index in [1.54, 1.807) is 42.5 Å². The first kappa shape index (κ1) is 23.8. The number of rotatable bonds is 6. The molecule has 0 aromatic heterocycles. The van der Waals surface area contributed by atoms with E-state index in [2.05, 4.69) is 28.1 Å². The molecule has 186 valence electrons. The predicted molar refractivity (Wildman–Crippen MR) is 140 cm³/mol. The highest BCUT2D eigenvalue weighted by atomic mass is 79.9. The van der Waals surface area contributed by atoms with Crippen LogP contribution in [0.15, 0.2) is 83.3 Å². The number of nitrogens with zero attached hydrogens (tertiary/aromatic N) is 1. The van der Waals surface area contributed by atoms with E-state index in [4.69, 9.17) is 4.74 Å². The lowest BCUT2D eigenvalue weighted by Crippen LogP contribution is -2.33. The van der Waals surface area contributed by atoms with Crippen molar-refractivity contribution in [3.8, 4) is 0 Å². The van der Waals surface area contributed by atoms with E-state index in [1.807, 2.05) is 18.2 Å². The minimum atomic E-state index is -0.684. The van der Waals surface area contributed by atoms with Crippen molar-refractivity contribution in [2.24, 2.45) is 23.7 Å². The van der Waals surface area contributed by atoms with Gasteiger partial charge in [-0.1, -0.05) is 64.5 Å². The van der Waals surface area contributed by atoms with Crippen LogP contribution < -0.4 is 4.90 Å². The van der Waals surface area contributed by atoms with Crippen molar-refractivity contribution >= 4 is 45.2 Å². The number of fused-ring (bicyclic) bond motifs is 5. The highest BCUT2D eigenvalue weighted by Crippen LogP contribution is 2.61. The maximum absolute atomic E-state index is 13.6. The van der Waals surface area contributed by atoms with Gasteiger partial charge in [0.25, 0.3) is 0 Å². The molecule has 2 aliphatic carbocycles. The number of esters is 1. The van der Waals surface area contributed by atoms with Crippen LogP contribution in [0.25, 0.3) is 0 Å². The maximum Gasteiger partial charge on any atom is 0.338 e. The summed E-state index contributed by atoms with van der Waals surface area (Å²) in [5.41, 5.74) is 2.22. The first-order valence-corrected chi connectivity index (χ1v) is 13.2. The largest absolute Gasteiger partial charge is 0.454 e. The van der Waals surface area contributed by atoms with Gasteiger partial charge in [0.1, 0.15) is 0 Å². The van der Waals surface area contributed by atoms with Crippen LogP contribution in [0.4, 0.5) is 5.69 Å². The Morgan fingerprint density at radius 1 is 0.838 bits per heavy atom. The first-order valence-electron chi connectivity index (χ1n) is 12.4. The number of imide groups is 1. The van der Waals surface area contributed by atoms with Crippen LogP contribution in [0.3, 0.4) is 0 Å². The Morgan fingerprint density at radius 3 is 2.32 bits per heavy atom. The number of benzene rings is 3. The average molecular weight is 558 g/mol. The fraction of sp³-hybridized carbons (Fsp3) is 0.267. The molecule has 0 spiro atoms. The minimum Gasteiger partial charge on any atom is -0.454 e. The Morgan fingerprint density at radius 2 is 1.57 bits per heavy atom. The average Bonchev–Trinajstić information content (AvgIpc) is 3.59. The summed E-state index contributed by atoms with van der Waals surface area (Å²) < 4.78 is 6.08. The summed E-state index contributed by atoms with van der Waals surface area (Å²) in [6.07, 6.45) is 1.82. The molecule has 6 nitrogen and oxygen atoms in total. The van der Waals surface area contributed by atoms with Crippen molar-refractivity contribution in [1.29, 1.82) is 0 Å². The molecule has 1 saturated heterocycles. The lowest BCUT2D eigenvalue weighted by atomic mass is 9.73. The van der Waals surface area contributed by atoms with Gasteiger partial charge in [-0.25, -0.2) is 4.79 Å². The molecule has 5 atom stereocenters. The zero-order valence-corrected chi connectivity index (χ0v) is 21.5. The van der Waals surface area contributed by atoms with Crippen molar-refractivity contribution in [3.63, 3.8) is 0 Å². The highest BCUT2D eigenvalue weighted by Gasteiger charge is 2.64. The second kappa shape index (κ2) is 9.38. The summed E-state index contributed by atoms with van der Waals surface area (Å²) in [4.78, 5) is 53.4. The zero-order valence-electron chi connectivity index (χ0n) is 19.9. The number of carbonyl (C=O) groups is 4. The minimum absolute atomic E-state index is 0.150. The number of carbonyl (C=O) groups excluding carboxylic acids is 4. The smallest absolute Gasteiger partial charge is 0.338 e. The van der Waals surface area contributed by atoms with Gasteiger partial charge < -0.3 is 4.74 Å². The molecule has 3 aromatic carbocycles. The lowest BCUT2D eigenvalue weighted by molar-refractivity contribution is -0.123. The van der Waals surface area contributed by atoms with Crippen molar-refractivity contribution in [1.82, 2.24) is 0 Å². The summed E-state index contributed by atoms with van der Waals surface area (Å²) in [5.74, 6) is -1.35. The number of hydrogen-bond acceptors (Lipinski definition) is 5. The SMILES string of the molecule is O=C(COC(=O)c1cccc(N2C(=O)[C@@H]3[C@@H]4C[C@@H]([C@H]3C2=O)[C@@H](c2ccccc2)C4)c1)c1ccc(Br)cc1. The number of hydrogen-bond donors (Lipinski definition) is 0. The molecule has 0 N–H and O–H groups in total. The predicted octanol–water partition coefficient (Wildman–Crippen LogP) is 5.42. The van der Waals surface area contributed by atoms with Gasteiger partial charge in [-0.15, -0.1) is 0 Å². The van der Waals surface area contributed by atoms with Crippen LogP contribution in [0.1, 0.15) is 45.0 Å². The third-order valence-electron chi connectivity index (χ3n) is 8.08. The summed E-state index contributed by atoms with van der Waals surface area (Å²) in [6, 6.07) is 23.4. The van der Waals surface area contributed by atoms with Gasteiger partial charge in [0, 0.05) is 10.0 Å². The standard InChI is InChI=1S/C30H24BrNO5/c31-21-11-9-18(10-12-21)25(33)16-37-30(36)19-7-4-8-22(13-19)32-28(34)26-20-14-23(17-5-2-1-3-6-17)24(15-20)27(26)29(32)35/h1-13,20,23-24,26-27H,14-16H2/t20-,23+,24+,26+,27+/m0/s1. The van der Waals surface area contributed by atoms with Crippen LogP contribution in [0.2, 0.25) is 0 Å². The normalized spacial score (nSPS) is 25.9. The molecule has 2 saturated carbocycles. The lowest BCUT2D eigenvalue weighted by Gasteiger charge is -2.28. The summed E-state index contributed by atoms with van der Waals surface area (Å²) in [6.45, 7) is -0.402. The molecular weight excluding hydrogens is 534 g/mol. The molecule has 6 rings (SSSR count). The number of ketones is 1. The van der Waals surface area contributed by atoms with Crippen molar-refractivity contribution < 1.29 is 23.9 Å². The second-order valence-electron chi connectivity index (χ2n) is 10.0. The molecule has 1 heterocycles. The number of anilines is 1. The van der Waals surface area contributed by atoms with Crippen LogP contribution >= 0.6 is 15.9 Å². The number of Topliss-reactive ketones (excluding diaryl/α,β-unsaturated/α-hetero) is 1.